The average Bonchev–Trinajstić information content (AvgIpc) is 2.13. The Hall–Kier alpha value is -0.610. The predicted molar refractivity (Wildman–Crippen MR) is 33.4 cm³/mol. The zero-order valence-corrected chi connectivity index (χ0v) is 5.42. The summed E-state index contributed by atoms with van der Waals surface area (Å²) >= 11 is 0. The van der Waals surface area contributed by atoms with Gasteiger partial charge in [0.25, 0.3) is 0 Å². The summed E-state index contributed by atoms with van der Waals surface area (Å²) in [5.74, 6) is 0.116. The second-order valence-electron chi connectivity index (χ2n) is 2.22. The molecule has 0 aliphatic carbocycles. The molecule has 4 heteroatoms. The van der Waals surface area contributed by atoms with Crippen LogP contribution in [0.15, 0.2) is 0 Å². The Labute approximate surface area is 54.0 Å². The van der Waals surface area contributed by atoms with Gasteiger partial charge < -0.3 is 5.73 Å². The van der Waals surface area contributed by atoms with Crippen molar-refractivity contribution in [2.45, 2.75) is 12.5 Å². The van der Waals surface area contributed by atoms with Gasteiger partial charge in [-0.3, -0.25) is 9.80 Å². The van der Waals surface area contributed by atoms with Crippen LogP contribution in [0.25, 0.3) is 0 Å². The summed E-state index contributed by atoms with van der Waals surface area (Å²) in [5, 5.41) is 1.48. The first-order chi connectivity index (χ1) is 4.24. The molecule has 4 nitrogen and oxygen atoms in total. The van der Waals surface area contributed by atoms with Crippen LogP contribution in [-0.2, 0) is 4.79 Å². The van der Waals surface area contributed by atoms with Gasteiger partial charge in [-0.2, -0.15) is 0 Å². The van der Waals surface area contributed by atoms with Crippen molar-refractivity contribution < 1.29 is 4.79 Å². The lowest BCUT2D eigenvalue weighted by molar-refractivity contribution is -0.128. The van der Waals surface area contributed by atoms with Crippen molar-refractivity contribution in [3.63, 3.8) is 0 Å². The fourth-order valence-electron chi connectivity index (χ4n) is 0.875. The smallest absolute Gasteiger partial charge is 0.238 e. The number of hydrogen-bond acceptors (Lipinski definition) is 3. The standard InChI is InChI=1S/C5H11N3O/c1-8-5(9)2-4(3-6)7-8/h4,7H,2-3,6H2,1H3. The first-order valence-corrected chi connectivity index (χ1v) is 2.97. The quantitative estimate of drug-likeness (QED) is 0.461. The number of hydrogen-bond donors (Lipinski definition) is 2. The van der Waals surface area contributed by atoms with Crippen molar-refractivity contribution in [3.05, 3.63) is 0 Å². The third-order valence-corrected chi connectivity index (χ3v) is 1.46. The number of hydrazine groups is 1. The van der Waals surface area contributed by atoms with Gasteiger partial charge in [0.05, 0.1) is 0 Å². The van der Waals surface area contributed by atoms with Crippen LogP contribution in [0.3, 0.4) is 0 Å². The number of nitrogens with one attached hydrogen (secondary N) is 1. The molecular weight excluding hydrogens is 118 g/mol. The summed E-state index contributed by atoms with van der Waals surface area (Å²) in [5.41, 5.74) is 8.23. The highest BCUT2D eigenvalue weighted by Crippen LogP contribution is 2.02. The predicted octanol–water partition coefficient (Wildman–Crippen LogP) is -1.32. The van der Waals surface area contributed by atoms with Crippen LogP contribution in [-0.4, -0.2) is 30.6 Å². The lowest BCUT2D eigenvalue weighted by Crippen LogP contribution is -2.37. The molecule has 0 aromatic heterocycles. The number of nitrogens with zero attached hydrogens (tertiary/aromatic N) is 1. The number of carbonyl (C=O) groups excluding carboxylic acids is 1. The molecule has 1 amide bonds. The van der Waals surface area contributed by atoms with Crippen molar-refractivity contribution in [1.82, 2.24) is 10.4 Å². The lowest BCUT2D eigenvalue weighted by atomic mass is 10.2. The fraction of sp³-hybridized carbons (Fsp3) is 0.800. The van der Waals surface area contributed by atoms with E-state index in [0.717, 1.165) is 0 Å². The van der Waals surface area contributed by atoms with Crippen LogP contribution in [0, 0.1) is 0 Å². The Morgan fingerprint density at radius 1 is 2.00 bits per heavy atom. The summed E-state index contributed by atoms with van der Waals surface area (Å²) < 4.78 is 0. The van der Waals surface area contributed by atoms with Gasteiger partial charge in [-0.25, -0.2) is 5.43 Å². The summed E-state index contributed by atoms with van der Waals surface area (Å²) in [6.45, 7) is 0.524. The van der Waals surface area contributed by atoms with E-state index in [1.165, 1.54) is 5.01 Å². The molecule has 1 unspecified atom stereocenters. The fourth-order valence-corrected chi connectivity index (χ4v) is 0.875. The topological polar surface area (TPSA) is 58.4 Å². The Morgan fingerprint density at radius 3 is 2.89 bits per heavy atom. The molecule has 0 aromatic carbocycles. The molecule has 0 bridgehead atoms. The first kappa shape index (κ1) is 6.51. The Balaban J connectivity index is 2.44. The molecule has 1 fully saturated rings. The van der Waals surface area contributed by atoms with E-state index in [9.17, 15) is 4.79 Å². The zero-order valence-electron chi connectivity index (χ0n) is 5.42. The van der Waals surface area contributed by atoms with E-state index < -0.39 is 0 Å². The van der Waals surface area contributed by atoms with Crippen molar-refractivity contribution >= 4 is 5.91 Å². The molecule has 1 saturated heterocycles. The number of carbonyl (C=O) groups is 1. The summed E-state index contributed by atoms with van der Waals surface area (Å²) in [7, 11) is 1.71. The second-order valence-corrected chi connectivity index (χ2v) is 2.22. The van der Waals surface area contributed by atoms with Gasteiger partial charge >= 0.3 is 0 Å². The van der Waals surface area contributed by atoms with E-state index in [2.05, 4.69) is 5.43 Å². The zero-order chi connectivity index (χ0) is 6.85. The Bertz CT molecular complexity index is 125. The normalized spacial score (nSPS) is 27.6. The van der Waals surface area contributed by atoms with Crippen molar-refractivity contribution in [3.8, 4) is 0 Å². The highest BCUT2D eigenvalue weighted by atomic mass is 16.2. The van der Waals surface area contributed by atoms with Crippen molar-refractivity contribution in [2.75, 3.05) is 13.6 Å². The molecule has 1 rings (SSSR count). The van der Waals surface area contributed by atoms with E-state index in [-0.39, 0.29) is 11.9 Å². The number of amides is 1. The molecule has 3 N–H and O–H groups in total. The van der Waals surface area contributed by atoms with E-state index >= 15 is 0 Å². The molecule has 1 atom stereocenters. The van der Waals surface area contributed by atoms with Gasteiger partial charge in [-0.1, -0.05) is 0 Å². The molecule has 1 aliphatic rings. The summed E-state index contributed by atoms with van der Waals surface area (Å²) in [6.07, 6.45) is 0.535. The highest BCUT2D eigenvalue weighted by Gasteiger charge is 2.24. The molecule has 9 heavy (non-hydrogen) atoms. The number of nitrogens with two attached hydrogens (primary N) is 1. The average molecular weight is 129 g/mol. The van der Waals surface area contributed by atoms with E-state index in [4.69, 9.17) is 5.73 Å². The first-order valence-electron chi connectivity index (χ1n) is 2.97. The molecule has 0 saturated carbocycles. The van der Waals surface area contributed by atoms with Gasteiger partial charge in [-0.15, -0.1) is 0 Å². The molecule has 0 aromatic rings. The van der Waals surface area contributed by atoms with Crippen molar-refractivity contribution in [1.29, 1.82) is 0 Å². The van der Waals surface area contributed by atoms with Crippen LogP contribution in [0.2, 0.25) is 0 Å². The van der Waals surface area contributed by atoms with E-state index in [0.29, 0.717) is 13.0 Å². The van der Waals surface area contributed by atoms with Gasteiger partial charge in [-0.05, 0) is 0 Å². The van der Waals surface area contributed by atoms with Crippen LogP contribution in [0.4, 0.5) is 0 Å². The van der Waals surface area contributed by atoms with E-state index in [1.54, 1.807) is 7.05 Å². The van der Waals surface area contributed by atoms with Crippen molar-refractivity contribution in [2.24, 2.45) is 5.73 Å². The Morgan fingerprint density at radius 2 is 2.67 bits per heavy atom. The third kappa shape index (κ3) is 1.20. The highest BCUT2D eigenvalue weighted by molar-refractivity contribution is 5.77. The van der Waals surface area contributed by atoms with Gasteiger partial charge in [0.15, 0.2) is 0 Å². The Kier molecular flexibility index (Phi) is 1.68. The van der Waals surface area contributed by atoms with Crippen LogP contribution in [0.1, 0.15) is 6.42 Å². The lowest BCUT2D eigenvalue weighted by Gasteiger charge is -2.09. The minimum atomic E-state index is 0.116. The van der Waals surface area contributed by atoms with Crippen LogP contribution in [0.5, 0.6) is 0 Å². The number of rotatable bonds is 1. The maximum atomic E-state index is 10.8. The SMILES string of the molecule is CN1NC(CN)CC1=O. The molecular formula is C5H11N3O. The minimum Gasteiger partial charge on any atom is -0.329 e. The van der Waals surface area contributed by atoms with E-state index in [1.807, 2.05) is 0 Å². The maximum Gasteiger partial charge on any atom is 0.238 e. The maximum absolute atomic E-state index is 10.8. The molecule has 52 valence electrons. The van der Waals surface area contributed by atoms with Gasteiger partial charge in [0.2, 0.25) is 5.91 Å². The monoisotopic (exact) mass is 129 g/mol. The molecule has 0 spiro atoms. The largest absolute Gasteiger partial charge is 0.329 e. The minimum absolute atomic E-state index is 0.116. The molecule has 1 aliphatic heterocycles. The third-order valence-electron chi connectivity index (χ3n) is 1.46. The molecule has 0 radical (unpaired) electrons. The van der Waals surface area contributed by atoms with Gasteiger partial charge in [0.1, 0.15) is 0 Å². The van der Waals surface area contributed by atoms with Crippen LogP contribution >= 0.6 is 0 Å². The van der Waals surface area contributed by atoms with Gasteiger partial charge in [0, 0.05) is 26.1 Å². The second kappa shape index (κ2) is 2.33. The summed E-state index contributed by atoms with van der Waals surface area (Å²) in [6, 6.07) is 0.155. The summed E-state index contributed by atoms with van der Waals surface area (Å²) in [4.78, 5) is 10.8. The molecule has 1 heterocycles. The van der Waals surface area contributed by atoms with Crippen LogP contribution < -0.4 is 11.2 Å².